The molecule has 0 spiro atoms. The molecule has 4 amide bonds. The first kappa shape index (κ1) is 27.3. The van der Waals surface area contributed by atoms with Crippen molar-refractivity contribution in [1.82, 2.24) is 15.3 Å². The molecule has 0 unspecified atom stereocenters. The number of anilines is 5. The van der Waals surface area contributed by atoms with Gasteiger partial charge in [0.1, 0.15) is 11.4 Å². The molecule has 2 aromatic carbocycles. The molecule has 38 heavy (non-hydrogen) atoms. The van der Waals surface area contributed by atoms with E-state index in [2.05, 4.69) is 43.1 Å². The first-order chi connectivity index (χ1) is 18.3. The topological polar surface area (TPSA) is 180 Å². The Hall–Kier alpha value is -5.26. The first-order valence-electron chi connectivity index (χ1n) is 11.7. The molecule has 0 saturated carbocycles. The van der Waals surface area contributed by atoms with Gasteiger partial charge < -0.3 is 32.3 Å². The molecule has 0 fully saturated rings. The fourth-order valence-corrected chi connectivity index (χ4v) is 3.15. The van der Waals surface area contributed by atoms with Gasteiger partial charge in [0, 0.05) is 35.4 Å². The SMILES string of the molecule is C=CC(=O)NCC(=O)Nc1cccc(NC(=O)c2cnc(Nc3ccc(C(N)=O)cc3)nc2NCCC)c1. The molecule has 0 saturated heterocycles. The van der Waals surface area contributed by atoms with E-state index in [4.69, 9.17) is 5.73 Å². The summed E-state index contributed by atoms with van der Waals surface area (Å²) in [6.07, 6.45) is 3.27. The van der Waals surface area contributed by atoms with Gasteiger partial charge in [0.05, 0.1) is 6.54 Å². The Kier molecular flexibility index (Phi) is 9.46. The van der Waals surface area contributed by atoms with Crippen LogP contribution >= 0.6 is 0 Å². The third-order valence-electron chi connectivity index (χ3n) is 5.01. The zero-order chi connectivity index (χ0) is 27.5. The van der Waals surface area contributed by atoms with Gasteiger partial charge in [-0.1, -0.05) is 19.6 Å². The van der Waals surface area contributed by atoms with Crippen LogP contribution in [0.1, 0.15) is 34.1 Å². The second-order valence-corrected chi connectivity index (χ2v) is 7.95. The molecular formula is C26H28N8O4. The van der Waals surface area contributed by atoms with E-state index < -0.39 is 23.6 Å². The zero-order valence-corrected chi connectivity index (χ0v) is 20.7. The second kappa shape index (κ2) is 13.2. The first-order valence-corrected chi connectivity index (χ1v) is 11.7. The Morgan fingerprint density at radius 3 is 2.37 bits per heavy atom. The van der Waals surface area contributed by atoms with Gasteiger partial charge in [-0.25, -0.2) is 4.98 Å². The van der Waals surface area contributed by atoms with Gasteiger partial charge in [0.2, 0.25) is 23.7 Å². The molecule has 0 aliphatic heterocycles. The van der Waals surface area contributed by atoms with Crippen molar-refractivity contribution in [2.24, 2.45) is 5.73 Å². The predicted molar refractivity (Wildman–Crippen MR) is 145 cm³/mol. The van der Waals surface area contributed by atoms with Gasteiger partial charge in [-0.2, -0.15) is 4.98 Å². The number of aromatic nitrogens is 2. The standard InChI is InChI=1S/C26H28N8O4/c1-3-12-28-24-20(14-30-26(34-24)33-17-10-8-16(9-11-17)23(27)37)25(38)32-19-7-5-6-18(13-19)31-22(36)15-29-21(35)4-2/h4-11,13-14H,2-3,12,15H2,1H3,(H2,27,37)(H,29,35)(H,31,36)(H,32,38)(H2,28,30,33,34). The average Bonchev–Trinajstić information content (AvgIpc) is 2.91. The van der Waals surface area contributed by atoms with Crippen LogP contribution in [0.25, 0.3) is 0 Å². The van der Waals surface area contributed by atoms with Gasteiger partial charge in [-0.15, -0.1) is 0 Å². The molecule has 1 aromatic heterocycles. The third-order valence-corrected chi connectivity index (χ3v) is 5.01. The fraction of sp³-hybridized carbons (Fsp3) is 0.154. The van der Waals surface area contributed by atoms with Crippen LogP contribution in [0, 0.1) is 0 Å². The maximum Gasteiger partial charge on any atom is 0.260 e. The van der Waals surface area contributed by atoms with Crippen molar-refractivity contribution in [3.8, 4) is 0 Å². The Morgan fingerprint density at radius 2 is 1.71 bits per heavy atom. The monoisotopic (exact) mass is 516 g/mol. The normalized spacial score (nSPS) is 10.1. The van der Waals surface area contributed by atoms with Crippen LogP contribution in [0.15, 0.2) is 67.4 Å². The lowest BCUT2D eigenvalue weighted by Crippen LogP contribution is -2.31. The lowest BCUT2D eigenvalue weighted by molar-refractivity contribution is -0.121. The van der Waals surface area contributed by atoms with Crippen LogP contribution in [0.4, 0.5) is 28.8 Å². The molecule has 196 valence electrons. The van der Waals surface area contributed by atoms with Gasteiger partial charge in [-0.3, -0.25) is 19.2 Å². The molecule has 0 radical (unpaired) electrons. The summed E-state index contributed by atoms with van der Waals surface area (Å²) in [6, 6.07) is 13.1. The summed E-state index contributed by atoms with van der Waals surface area (Å²) in [5, 5.41) is 14.0. The van der Waals surface area contributed by atoms with E-state index >= 15 is 0 Å². The number of nitrogens with zero attached hydrogens (tertiary/aromatic N) is 2. The number of nitrogens with two attached hydrogens (primary N) is 1. The molecular weight excluding hydrogens is 488 g/mol. The molecule has 12 nitrogen and oxygen atoms in total. The highest BCUT2D eigenvalue weighted by molar-refractivity contribution is 6.07. The molecule has 0 atom stereocenters. The van der Waals surface area contributed by atoms with Gasteiger partial charge in [0.25, 0.3) is 5.91 Å². The minimum atomic E-state index is -0.529. The lowest BCUT2D eigenvalue weighted by Gasteiger charge is -2.13. The van der Waals surface area contributed by atoms with Crippen molar-refractivity contribution < 1.29 is 19.2 Å². The quantitative estimate of drug-likeness (QED) is 0.199. The van der Waals surface area contributed by atoms with Gasteiger partial charge >= 0.3 is 0 Å². The number of nitrogens with one attached hydrogen (secondary N) is 5. The van der Waals surface area contributed by atoms with Crippen molar-refractivity contribution in [2.75, 3.05) is 34.4 Å². The number of carbonyl (C=O) groups excluding carboxylic acids is 4. The third kappa shape index (κ3) is 7.88. The Bertz CT molecular complexity index is 1340. The van der Waals surface area contributed by atoms with E-state index in [9.17, 15) is 19.2 Å². The summed E-state index contributed by atoms with van der Waals surface area (Å²) in [5.74, 6) is -1.30. The van der Waals surface area contributed by atoms with Crippen LogP contribution in [-0.2, 0) is 9.59 Å². The summed E-state index contributed by atoms with van der Waals surface area (Å²) in [4.78, 5) is 56.3. The molecule has 0 aliphatic carbocycles. The zero-order valence-electron chi connectivity index (χ0n) is 20.7. The number of hydrogen-bond acceptors (Lipinski definition) is 8. The maximum atomic E-state index is 13.1. The number of amides is 4. The average molecular weight is 517 g/mol. The predicted octanol–water partition coefficient (Wildman–Crippen LogP) is 2.63. The minimum absolute atomic E-state index is 0.217. The summed E-state index contributed by atoms with van der Waals surface area (Å²) in [5.41, 5.74) is 7.36. The lowest BCUT2D eigenvalue weighted by atomic mass is 10.2. The van der Waals surface area contributed by atoms with Gasteiger partial charge in [0.15, 0.2) is 0 Å². The van der Waals surface area contributed by atoms with Crippen molar-refractivity contribution in [3.05, 3.63) is 78.5 Å². The molecule has 3 rings (SSSR count). The Labute approximate surface area is 219 Å². The highest BCUT2D eigenvalue weighted by atomic mass is 16.2. The molecule has 7 N–H and O–H groups in total. The summed E-state index contributed by atoms with van der Waals surface area (Å²) < 4.78 is 0. The van der Waals surface area contributed by atoms with E-state index in [1.807, 2.05) is 6.92 Å². The highest BCUT2D eigenvalue weighted by Crippen LogP contribution is 2.21. The van der Waals surface area contributed by atoms with Gasteiger partial charge in [-0.05, 0) is 55.0 Å². The number of primary amides is 1. The van der Waals surface area contributed by atoms with Crippen LogP contribution < -0.4 is 32.3 Å². The second-order valence-electron chi connectivity index (χ2n) is 7.95. The van der Waals surface area contributed by atoms with E-state index in [1.165, 1.54) is 6.20 Å². The van der Waals surface area contributed by atoms with Crippen molar-refractivity contribution >= 4 is 52.5 Å². The van der Waals surface area contributed by atoms with Crippen LogP contribution in [0.5, 0.6) is 0 Å². The number of rotatable bonds is 12. The number of benzene rings is 2. The fourth-order valence-electron chi connectivity index (χ4n) is 3.15. The Balaban J connectivity index is 1.72. The molecule has 12 heteroatoms. The Morgan fingerprint density at radius 1 is 1.00 bits per heavy atom. The van der Waals surface area contributed by atoms with E-state index in [1.54, 1.807) is 48.5 Å². The molecule has 0 aliphatic rings. The van der Waals surface area contributed by atoms with E-state index in [-0.39, 0.29) is 18.1 Å². The number of carbonyl (C=O) groups is 4. The summed E-state index contributed by atoms with van der Waals surface area (Å²) in [6.45, 7) is 5.66. The van der Waals surface area contributed by atoms with Crippen molar-refractivity contribution in [1.29, 1.82) is 0 Å². The van der Waals surface area contributed by atoms with Crippen molar-refractivity contribution in [2.45, 2.75) is 13.3 Å². The van der Waals surface area contributed by atoms with Crippen LogP contribution in [0.3, 0.4) is 0 Å². The molecule has 3 aromatic rings. The summed E-state index contributed by atoms with van der Waals surface area (Å²) >= 11 is 0. The largest absolute Gasteiger partial charge is 0.369 e. The molecule has 1 heterocycles. The highest BCUT2D eigenvalue weighted by Gasteiger charge is 2.16. The minimum Gasteiger partial charge on any atom is -0.369 e. The summed E-state index contributed by atoms with van der Waals surface area (Å²) in [7, 11) is 0. The van der Waals surface area contributed by atoms with Crippen LogP contribution in [-0.4, -0.2) is 46.7 Å². The smallest absolute Gasteiger partial charge is 0.260 e. The van der Waals surface area contributed by atoms with E-state index in [0.29, 0.717) is 35.0 Å². The van der Waals surface area contributed by atoms with Crippen LogP contribution in [0.2, 0.25) is 0 Å². The van der Waals surface area contributed by atoms with E-state index in [0.717, 1.165) is 12.5 Å². The molecule has 0 bridgehead atoms. The van der Waals surface area contributed by atoms with Crippen molar-refractivity contribution in [3.63, 3.8) is 0 Å². The maximum absolute atomic E-state index is 13.1. The number of hydrogen-bond donors (Lipinski definition) is 6.